The second-order valence-electron chi connectivity index (χ2n) is 9.28. The third-order valence-electron chi connectivity index (χ3n) is 6.98. The Morgan fingerprint density at radius 3 is 2.71 bits per heavy atom. The van der Waals surface area contributed by atoms with Gasteiger partial charge < -0.3 is 19.9 Å². The summed E-state index contributed by atoms with van der Waals surface area (Å²) < 4.78 is 5.26. The first-order chi connectivity index (χ1) is 17.2. The monoisotopic (exact) mass is 494 g/mol. The normalized spacial score (nSPS) is 19.2. The molecule has 186 valence electrons. The third-order valence-corrected chi connectivity index (χ3v) is 8.02. The summed E-state index contributed by atoms with van der Waals surface area (Å²) in [6.45, 7) is 7.59. The molecule has 1 aromatic carbocycles. The molecule has 0 radical (unpaired) electrons. The van der Waals surface area contributed by atoms with Gasteiger partial charge in [-0.3, -0.25) is 9.69 Å². The quantitative estimate of drug-likeness (QED) is 0.482. The minimum atomic E-state index is 0.0248. The fourth-order valence-corrected chi connectivity index (χ4v) is 5.88. The first-order valence-corrected chi connectivity index (χ1v) is 13.4. The van der Waals surface area contributed by atoms with E-state index in [0.717, 1.165) is 92.8 Å². The largest absolute Gasteiger partial charge is 0.497 e. The molecule has 9 heteroatoms. The molecule has 35 heavy (non-hydrogen) atoms. The standard InChI is InChI=1S/C26H34N6O2S/c1-34-22-9-7-21(8-10-22)31-17-15-30(16-18-31)13-4-12-27-24(33)20-5-3-14-32(19-20)26-29-23-6-2-11-28-25(23)35-26/h2,6-11,20H,3-5,12-19H2,1H3,(H,27,33)/t20-/m1/s1. The van der Waals surface area contributed by atoms with E-state index < -0.39 is 0 Å². The number of hydrogen-bond donors (Lipinski definition) is 1. The van der Waals surface area contributed by atoms with E-state index in [-0.39, 0.29) is 11.8 Å². The molecule has 3 aromatic rings. The van der Waals surface area contributed by atoms with Gasteiger partial charge in [0.2, 0.25) is 5.91 Å². The van der Waals surface area contributed by atoms with Gasteiger partial charge in [-0.05, 0) is 62.2 Å². The topological polar surface area (TPSA) is 73.8 Å². The number of amides is 1. The number of piperazine rings is 1. The van der Waals surface area contributed by atoms with Gasteiger partial charge in [0.15, 0.2) is 5.13 Å². The number of piperidine rings is 1. The van der Waals surface area contributed by atoms with Crippen molar-refractivity contribution in [3.8, 4) is 5.75 Å². The number of methoxy groups -OCH3 is 1. The van der Waals surface area contributed by atoms with E-state index in [2.05, 4.69) is 37.1 Å². The number of aromatic nitrogens is 2. The van der Waals surface area contributed by atoms with E-state index in [1.54, 1.807) is 24.6 Å². The van der Waals surface area contributed by atoms with Crippen LogP contribution in [0.4, 0.5) is 10.8 Å². The van der Waals surface area contributed by atoms with Gasteiger partial charge in [0.1, 0.15) is 16.1 Å². The smallest absolute Gasteiger partial charge is 0.224 e. The number of rotatable bonds is 8. The van der Waals surface area contributed by atoms with Crippen LogP contribution in [-0.2, 0) is 4.79 Å². The minimum Gasteiger partial charge on any atom is -0.497 e. The van der Waals surface area contributed by atoms with Crippen LogP contribution in [0.3, 0.4) is 0 Å². The molecule has 1 atom stereocenters. The van der Waals surface area contributed by atoms with Crippen LogP contribution in [0.15, 0.2) is 42.6 Å². The van der Waals surface area contributed by atoms with Crippen LogP contribution >= 0.6 is 11.3 Å². The average molecular weight is 495 g/mol. The van der Waals surface area contributed by atoms with Crippen molar-refractivity contribution in [3.63, 3.8) is 0 Å². The predicted molar refractivity (Wildman–Crippen MR) is 142 cm³/mol. The van der Waals surface area contributed by atoms with Gasteiger partial charge in [-0.25, -0.2) is 9.97 Å². The number of thiazole rings is 1. The van der Waals surface area contributed by atoms with Crippen LogP contribution in [0.2, 0.25) is 0 Å². The molecule has 2 fully saturated rings. The molecule has 4 heterocycles. The van der Waals surface area contributed by atoms with Gasteiger partial charge in [0, 0.05) is 57.7 Å². The maximum Gasteiger partial charge on any atom is 0.224 e. The summed E-state index contributed by atoms with van der Waals surface area (Å²) in [7, 11) is 1.70. The van der Waals surface area contributed by atoms with Crippen molar-refractivity contribution in [1.82, 2.24) is 20.2 Å². The molecule has 0 bridgehead atoms. The van der Waals surface area contributed by atoms with E-state index in [0.29, 0.717) is 0 Å². The van der Waals surface area contributed by atoms with Gasteiger partial charge >= 0.3 is 0 Å². The lowest BCUT2D eigenvalue weighted by atomic mass is 9.97. The first kappa shape index (κ1) is 23.8. The number of anilines is 2. The lowest BCUT2D eigenvalue weighted by Crippen LogP contribution is -2.47. The Kier molecular flexibility index (Phi) is 7.63. The molecular formula is C26H34N6O2S. The number of pyridine rings is 1. The Hall–Kier alpha value is -2.91. The Labute approximate surface area is 210 Å². The highest BCUT2D eigenvalue weighted by molar-refractivity contribution is 7.21. The van der Waals surface area contributed by atoms with Crippen LogP contribution < -0.4 is 19.9 Å². The molecule has 1 N–H and O–H groups in total. The average Bonchev–Trinajstić information content (AvgIpc) is 3.36. The summed E-state index contributed by atoms with van der Waals surface area (Å²) >= 11 is 1.61. The molecule has 5 rings (SSSR count). The molecular weight excluding hydrogens is 460 g/mol. The summed E-state index contributed by atoms with van der Waals surface area (Å²) in [5, 5.41) is 4.17. The zero-order chi connectivity index (χ0) is 24.0. The third kappa shape index (κ3) is 5.85. The van der Waals surface area contributed by atoms with Crippen molar-refractivity contribution in [3.05, 3.63) is 42.6 Å². The van der Waals surface area contributed by atoms with E-state index in [1.807, 2.05) is 24.3 Å². The minimum absolute atomic E-state index is 0.0248. The van der Waals surface area contributed by atoms with Crippen LogP contribution in [0, 0.1) is 5.92 Å². The number of benzene rings is 1. The fourth-order valence-electron chi connectivity index (χ4n) is 4.94. The van der Waals surface area contributed by atoms with Crippen molar-refractivity contribution in [2.45, 2.75) is 19.3 Å². The molecule has 1 amide bonds. The highest BCUT2D eigenvalue weighted by Gasteiger charge is 2.27. The summed E-state index contributed by atoms with van der Waals surface area (Å²) in [4.78, 5) is 30.1. The van der Waals surface area contributed by atoms with Crippen LogP contribution in [0.25, 0.3) is 10.3 Å². The van der Waals surface area contributed by atoms with Gasteiger partial charge in [0.25, 0.3) is 0 Å². The van der Waals surface area contributed by atoms with Crippen molar-refractivity contribution in [2.75, 3.05) is 69.3 Å². The predicted octanol–water partition coefficient (Wildman–Crippen LogP) is 3.24. The summed E-state index contributed by atoms with van der Waals surface area (Å²) in [6.07, 6.45) is 4.74. The van der Waals surface area contributed by atoms with E-state index in [4.69, 9.17) is 9.72 Å². The van der Waals surface area contributed by atoms with Gasteiger partial charge in [-0.2, -0.15) is 0 Å². The lowest BCUT2D eigenvalue weighted by Gasteiger charge is -2.36. The molecule has 0 unspecified atom stereocenters. The Morgan fingerprint density at radius 1 is 1.11 bits per heavy atom. The number of nitrogens with one attached hydrogen (secondary N) is 1. The Morgan fingerprint density at radius 2 is 1.94 bits per heavy atom. The van der Waals surface area contributed by atoms with Crippen molar-refractivity contribution in [2.24, 2.45) is 5.92 Å². The molecule has 0 aliphatic carbocycles. The molecule has 0 spiro atoms. The second-order valence-corrected chi connectivity index (χ2v) is 10.2. The van der Waals surface area contributed by atoms with Gasteiger partial charge in [-0.1, -0.05) is 11.3 Å². The number of carbonyl (C=O) groups excluding carboxylic acids is 1. The SMILES string of the molecule is COc1ccc(N2CCN(CCCNC(=O)[C@@H]3CCCN(c4nc5cccnc5s4)C3)CC2)cc1. The summed E-state index contributed by atoms with van der Waals surface area (Å²) in [5.41, 5.74) is 2.19. The summed E-state index contributed by atoms with van der Waals surface area (Å²) in [6, 6.07) is 12.2. The number of fused-ring (bicyclic) bond motifs is 1. The number of hydrogen-bond acceptors (Lipinski definition) is 8. The number of nitrogens with zero attached hydrogens (tertiary/aromatic N) is 5. The Bertz CT molecular complexity index is 1080. The van der Waals surface area contributed by atoms with Gasteiger partial charge in [0.05, 0.1) is 13.0 Å². The molecule has 2 aliphatic rings. The maximum atomic E-state index is 12.8. The molecule has 8 nitrogen and oxygen atoms in total. The number of ether oxygens (including phenoxy) is 1. The van der Waals surface area contributed by atoms with Crippen LogP contribution in [0.1, 0.15) is 19.3 Å². The van der Waals surface area contributed by atoms with E-state index in [1.165, 1.54) is 5.69 Å². The highest BCUT2D eigenvalue weighted by atomic mass is 32.1. The summed E-state index contributed by atoms with van der Waals surface area (Å²) in [5.74, 6) is 1.10. The van der Waals surface area contributed by atoms with Crippen molar-refractivity contribution >= 4 is 38.4 Å². The van der Waals surface area contributed by atoms with Crippen molar-refractivity contribution in [1.29, 1.82) is 0 Å². The number of carbonyl (C=O) groups is 1. The Balaban J connectivity index is 1.02. The van der Waals surface area contributed by atoms with Crippen molar-refractivity contribution < 1.29 is 9.53 Å². The highest BCUT2D eigenvalue weighted by Crippen LogP contribution is 2.30. The molecule has 2 saturated heterocycles. The molecule has 2 aliphatic heterocycles. The van der Waals surface area contributed by atoms with E-state index in [9.17, 15) is 4.79 Å². The van der Waals surface area contributed by atoms with Gasteiger partial charge in [-0.15, -0.1) is 0 Å². The maximum absolute atomic E-state index is 12.8. The van der Waals surface area contributed by atoms with Crippen LogP contribution in [0.5, 0.6) is 5.75 Å². The van der Waals surface area contributed by atoms with E-state index >= 15 is 0 Å². The lowest BCUT2D eigenvalue weighted by molar-refractivity contribution is -0.125. The molecule has 2 aromatic heterocycles. The zero-order valence-electron chi connectivity index (χ0n) is 20.4. The fraction of sp³-hybridized carbons (Fsp3) is 0.500. The second kappa shape index (κ2) is 11.2. The zero-order valence-corrected chi connectivity index (χ0v) is 21.2. The molecule has 0 saturated carbocycles. The van der Waals surface area contributed by atoms with Crippen LogP contribution in [-0.4, -0.2) is 80.2 Å². The first-order valence-electron chi connectivity index (χ1n) is 12.6.